The summed E-state index contributed by atoms with van der Waals surface area (Å²) in [6.07, 6.45) is 9.60. The molecule has 0 bridgehead atoms. The number of anilines is 1. The standard InChI is InChI=1S/C27H31ClN8O/c28-22-2-4-26-25(17-22)27(18-23(31-26)3-1-21-5-7-29-8-6-21)30-9-10-36-20-24(32-33-36)19-35-13-11-34(12-14-35)15-16-37/h1-8,17-18,20,37H,9-16,19H2,(H,30,31)/b3-1+. The van der Waals surface area contributed by atoms with Crippen LogP contribution in [-0.4, -0.2) is 85.7 Å². The third kappa shape index (κ3) is 6.90. The molecule has 1 saturated heterocycles. The number of aliphatic hydroxyl groups excluding tert-OH is 1. The van der Waals surface area contributed by atoms with Crippen LogP contribution in [0.3, 0.4) is 0 Å². The SMILES string of the molecule is OCCN1CCN(Cc2cn(CCNc3cc(/C=C/c4ccncc4)nc4ccc(Cl)cc34)nn2)CC1. The Kier molecular flexibility index (Phi) is 8.37. The van der Waals surface area contributed by atoms with Gasteiger partial charge < -0.3 is 10.4 Å². The molecule has 0 aliphatic carbocycles. The van der Waals surface area contributed by atoms with Gasteiger partial charge in [0.25, 0.3) is 0 Å². The first-order valence-electron chi connectivity index (χ1n) is 12.5. The van der Waals surface area contributed by atoms with Gasteiger partial charge in [0.1, 0.15) is 0 Å². The molecule has 0 radical (unpaired) electrons. The Bertz CT molecular complexity index is 1340. The second kappa shape index (κ2) is 12.2. The van der Waals surface area contributed by atoms with Crippen LogP contribution in [0.2, 0.25) is 5.02 Å². The van der Waals surface area contributed by atoms with Gasteiger partial charge in [-0.2, -0.15) is 0 Å². The van der Waals surface area contributed by atoms with Crippen LogP contribution in [0, 0.1) is 0 Å². The summed E-state index contributed by atoms with van der Waals surface area (Å²) >= 11 is 6.29. The molecule has 10 heteroatoms. The summed E-state index contributed by atoms with van der Waals surface area (Å²) in [4.78, 5) is 13.5. The fourth-order valence-electron chi connectivity index (χ4n) is 4.47. The van der Waals surface area contributed by atoms with E-state index in [1.807, 2.05) is 59.4 Å². The number of hydrogen-bond acceptors (Lipinski definition) is 8. The lowest BCUT2D eigenvalue weighted by atomic mass is 10.1. The molecule has 192 valence electrons. The highest BCUT2D eigenvalue weighted by molar-refractivity contribution is 6.31. The van der Waals surface area contributed by atoms with Gasteiger partial charge in [0.2, 0.25) is 0 Å². The van der Waals surface area contributed by atoms with Crippen molar-refractivity contribution in [2.45, 2.75) is 13.1 Å². The molecule has 1 aliphatic heterocycles. The Hall–Kier alpha value is -3.37. The average Bonchev–Trinajstić information content (AvgIpc) is 3.36. The summed E-state index contributed by atoms with van der Waals surface area (Å²) in [5, 5.41) is 23.0. The van der Waals surface area contributed by atoms with Gasteiger partial charge in [-0.25, -0.2) is 4.98 Å². The van der Waals surface area contributed by atoms with Crippen molar-refractivity contribution in [2.75, 3.05) is 51.2 Å². The predicted octanol–water partition coefficient (Wildman–Crippen LogP) is 3.27. The monoisotopic (exact) mass is 518 g/mol. The van der Waals surface area contributed by atoms with Crippen LogP contribution in [0.1, 0.15) is 17.0 Å². The minimum atomic E-state index is 0.217. The maximum Gasteiger partial charge on any atom is 0.0967 e. The maximum atomic E-state index is 9.12. The van der Waals surface area contributed by atoms with Gasteiger partial charge in [-0.3, -0.25) is 19.5 Å². The molecule has 5 rings (SSSR count). The van der Waals surface area contributed by atoms with E-state index in [-0.39, 0.29) is 6.61 Å². The van der Waals surface area contributed by atoms with E-state index in [0.717, 1.165) is 72.8 Å². The van der Waals surface area contributed by atoms with Gasteiger partial charge in [-0.1, -0.05) is 22.9 Å². The molecule has 4 aromatic rings. The summed E-state index contributed by atoms with van der Waals surface area (Å²) in [5.41, 5.74) is 4.75. The third-order valence-electron chi connectivity index (χ3n) is 6.45. The lowest BCUT2D eigenvalue weighted by Crippen LogP contribution is -2.46. The Balaban J connectivity index is 1.21. The van der Waals surface area contributed by atoms with E-state index in [1.54, 1.807) is 12.4 Å². The number of pyridine rings is 2. The van der Waals surface area contributed by atoms with Gasteiger partial charge in [0.05, 0.1) is 30.1 Å². The van der Waals surface area contributed by atoms with Crippen LogP contribution in [0.4, 0.5) is 5.69 Å². The summed E-state index contributed by atoms with van der Waals surface area (Å²) in [6.45, 7) is 7.03. The van der Waals surface area contributed by atoms with E-state index in [4.69, 9.17) is 21.7 Å². The molecule has 0 unspecified atom stereocenters. The summed E-state index contributed by atoms with van der Waals surface area (Å²) in [7, 11) is 0. The number of hydrogen-bond donors (Lipinski definition) is 2. The minimum absolute atomic E-state index is 0.217. The minimum Gasteiger partial charge on any atom is -0.395 e. The van der Waals surface area contributed by atoms with E-state index < -0.39 is 0 Å². The van der Waals surface area contributed by atoms with Gasteiger partial charge in [-0.05, 0) is 48.0 Å². The molecule has 0 amide bonds. The van der Waals surface area contributed by atoms with Crippen LogP contribution in [0.15, 0.2) is 55.0 Å². The number of nitrogens with zero attached hydrogens (tertiary/aromatic N) is 7. The zero-order valence-corrected chi connectivity index (χ0v) is 21.4. The Morgan fingerprint density at radius 3 is 2.59 bits per heavy atom. The zero-order valence-electron chi connectivity index (χ0n) is 20.7. The summed E-state index contributed by atoms with van der Waals surface area (Å²) < 4.78 is 1.88. The smallest absolute Gasteiger partial charge is 0.0967 e. The molecular formula is C27H31ClN8O. The van der Waals surface area contributed by atoms with E-state index in [9.17, 15) is 0 Å². The van der Waals surface area contributed by atoms with Crippen molar-refractivity contribution in [3.8, 4) is 0 Å². The number of fused-ring (bicyclic) bond motifs is 1. The lowest BCUT2D eigenvalue weighted by Gasteiger charge is -2.33. The number of piperazine rings is 1. The normalized spacial score (nSPS) is 15.1. The molecule has 3 aromatic heterocycles. The number of benzene rings is 1. The Morgan fingerprint density at radius 2 is 1.78 bits per heavy atom. The molecule has 1 aliphatic rings. The van der Waals surface area contributed by atoms with E-state index in [2.05, 4.69) is 30.4 Å². The molecule has 2 N–H and O–H groups in total. The number of nitrogens with one attached hydrogen (secondary N) is 1. The van der Waals surface area contributed by atoms with Crippen LogP contribution in [0.5, 0.6) is 0 Å². The molecule has 4 heterocycles. The van der Waals surface area contributed by atoms with Gasteiger partial charge >= 0.3 is 0 Å². The first kappa shape index (κ1) is 25.3. The molecular weight excluding hydrogens is 488 g/mol. The van der Waals surface area contributed by atoms with E-state index >= 15 is 0 Å². The molecule has 0 spiro atoms. The number of β-amino-alcohol motifs (C(OH)–C–C–N with tert-alkyl or cyclic N) is 1. The van der Waals surface area contributed by atoms with Gasteiger partial charge in [0, 0.05) is 80.5 Å². The fourth-order valence-corrected chi connectivity index (χ4v) is 4.65. The first-order chi connectivity index (χ1) is 18.2. The molecule has 0 atom stereocenters. The third-order valence-corrected chi connectivity index (χ3v) is 6.69. The highest BCUT2D eigenvalue weighted by Gasteiger charge is 2.17. The van der Waals surface area contributed by atoms with Crippen molar-refractivity contribution in [1.82, 2.24) is 34.8 Å². The number of aliphatic hydroxyl groups is 1. The molecule has 1 aromatic carbocycles. The van der Waals surface area contributed by atoms with E-state index in [1.165, 1.54) is 0 Å². The van der Waals surface area contributed by atoms with Gasteiger partial charge in [0.15, 0.2) is 0 Å². The van der Waals surface area contributed by atoms with Crippen molar-refractivity contribution in [3.63, 3.8) is 0 Å². The molecule has 1 fully saturated rings. The summed E-state index contributed by atoms with van der Waals surface area (Å²) in [6, 6.07) is 11.7. The highest BCUT2D eigenvalue weighted by atomic mass is 35.5. The van der Waals surface area contributed by atoms with E-state index in [0.29, 0.717) is 18.1 Å². The predicted molar refractivity (Wildman–Crippen MR) is 147 cm³/mol. The van der Waals surface area contributed by atoms with Crippen LogP contribution < -0.4 is 5.32 Å². The maximum absolute atomic E-state index is 9.12. The average molecular weight is 519 g/mol. The van der Waals surface area contributed by atoms with Crippen molar-refractivity contribution < 1.29 is 5.11 Å². The van der Waals surface area contributed by atoms with Gasteiger partial charge in [-0.15, -0.1) is 5.10 Å². The van der Waals surface area contributed by atoms with Crippen LogP contribution in [-0.2, 0) is 13.1 Å². The molecule has 9 nitrogen and oxygen atoms in total. The van der Waals surface area contributed by atoms with Crippen LogP contribution in [0.25, 0.3) is 23.1 Å². The summed E-state index contributed by atoms with van der Waals surface area (Å²) in [5.74, 6) is 0. The number of halogens is 1. The number of aromatic nitrogens is 5. The topological polar surface area (TPSA) is 95.2 Å². The van der Waals surface area contributed by atoms with Crippen molar-refractivity contribution in [1.29, 1.82) is 0 Å². The van der Waals surface area contributed by atoms with Crippen molar-refractivity contribution >= 4 is 40.3 Å². The molecule has 37 heavy (non-hydrogen) atoms. The zero-order chi connectivity index (χ0) is 25.5. The van der Waals surface area contributed by atoms with Crippen molar-refractivity contribution in [2.24, 2.45) is 0 Å². The highest BCUT2D eigenvalue weighted by Crippen LogP contribution is 2.27. The Morgan fingerprint density at radius 1 is 0.973 bits per heavy atom. The number of rotatable bonds is 10. The largest absolute Gasteiger partial charge is 0.395 e. The fraction of sp³-hybridized carbons (Fsp3) is 0.333. The van der Waals surface area contributed by atoms with Crippen molar-refractivity contribution in [3.05, 3.63) is 77.0 Å². The molecule has 0 saturated carbocycles. The van der Waals surface area contributed by atoms with Crippen LogP contribution >= 0.6 is 11.6 Å². The second-order valence-electron chi connectivity index (χ2n) is 9.11. The Labute approximate surface area is 221 Å². The quantitative estimate of drug-likeness (QED) is 0.330. The second-order valence-corrected chi connectivity index (χ2v) is 9.55. The first-order valence-corrected chi connectivity index (χ1v) is 12.9. The lowest BCUT2D eigenvalue weighted by molar-refractivity contribution is 0.107.